The van der Waals surface area contributed by atoms with E-state index in [4.69, 9.17) is 4.74 Å². The molecule has 0 amide bonds. The quantitative estimate of drug-likeness (QED) is 0.592. The van der Waals surface area contributed by atoms with Crippen LogP contribution in [0.15, 0.2) is 35.3 Å². The maximum Gasteiger partial charge on any atom is 0.328 e. The first-order chi connectivity index (χ1) is 7.97. The van der Waals surface area contributed by atoms with E-state index in [1.165, 1.54) is 5.56 Å². The summed E-state index contributed by atoms with van der Waals surface area (Å²) >= 11 is 0. The van der Waals surface area contributed by atoms with Crippen LogP contribution in [0.3, 0.4) is 0 Å². The molecule has 0 atom stereocenters. The van der Waals surface area contributed by atoms with Crippen LogP contribution in [-0.4, -0.2) is 24.3 Å². The fourth-order valence-electron chi connectivity index (χ4n) is 1.30. The number of hydrogen-bond acceptors (Lipinski definition) is 3. The minimum atomic E-state index is -0.438. The van der Waals surface area contributed by atoms with Crippen molar-refractivity contribution in [1.82, 2.24) is 0 Å². The number of rotatable bonds is 4. The van der Waals surface area contributed by atoms with Crippen LogP contribution in [0.4, 0.5) is 0 Å². The number of hydrogen-bond donors (Lipinski definition) is 0. The Hall–Kier alpha value is -1.64. The second-order valence-corrected chi connectivity index (χ2v) is 4.80. The first-order valence-corrected chi connectivity index (χ1v) is 5.71. The topological polar surface area (TPSA) is 38.7 Å². The molecular weight excluding hydrogens is 214 g/mol. The third-order valence-corrected chi connectivity index (χ3v) is 1.94. The lowest BCUT2D eigenvalue weighted by molar-refractivity contribution is -0.152. The highest BCUT2D eigenvalue weighted by Gasteiger charge is 2.14. The van der Waals surface area contributed by atoms with E-state index in [1.807, 2.05) is 51.1 Å². The standard InChI is InChI=1S/C14H19NO2/c1-14(2,3)17-13(16)11-15-10-9-12-7-5-4-6-8-12/h4-8,10H,9,11H2,1-3H3. The van der Waals surface area contributed by atoms with Crippen LogP contribution in [-0.2, 0) is 16.0 Å². The fraction of sp³-hybridized carbons (Fsp3) is 0.429. The van der Waals surface area contributed by atoms with Gasteiger partial charge in [0.05, 0.1) is 0 Å². The molecule has 0 aromatic heterocycles. The molecule has 1 aromatic rings. The molecule has 0 saturated carbocycles. The van der Waals surface area contributed by atoms with Gasteiger partial charge in [-0.15, -0.1) is 0 Å². The number of carbonyl (C=O) groups is 1. The average molecular weight is 233 g/mol. The molecule has 0 unspecified atom stereocenters. The molecule has 0 fully saturated rings. The van der Waals surface area contributed by atoms with Gasteiger partial charge < -0.3 is 4.74 Å². The summed E-state index contributed by atoms with van der Waals surface area (Å²) in [5.41, 5.74) is 0.743. The summed E-state index contributed by atoms with van der Waals surface area (Å²) in [5, 5.41) is 0. The first-order valence-electron chi connectivity index (χ1n) is 5.71. The Morgan fingerprint density at radius 2 is 1.94 bits per heavy atom. The van der Waals surface area contributed by atoms with Crippen LogP contribution in [0.25, 0.3) is 0 Å². The Bertz CT molecular complexity index is 377. The summed E-state index contributed by atoms with van der Waals surface area (Å²) in [4.78, 5) is 15.4. The van der Waals surface area contributed by atoms with Crippen molar-refractivity contribution in [3.63, 3.8) is 0 Å². The molecule has 0 heterocycles. The number of nitrogens with zero attached hydrogens (tertiary/aromatic N) is 1. The minimum absolute atomic E-state index is 0.0874. The molecule has 1 aromatic carbocycles. The number of carbonyl (C=O) groups excluding carboxylic acids is 1. The van der Waals surface area contributed by atoms with Crippen LogP contribution < -0.4 is 0 Å². The zero-order chi connectivity index (χ0) is 12.7. The molecule has 3 nitrogen and oxygen atoms in total. The molecule has 0 saturated heterocycles. The molecule has 0 aliphatic heterocycles. The average Bonchev–Trinajstić information content (AvgIpc) is 2.23. The highest BCUT2D eigenvalue weighted by Crippen LogP contribution is 2.06. The lowest BCUT2D eigenvalue weighted by Gasteiger charge is -2.18. The van der Waals surface area contributed by atoms with E-state index >= 15 is 0 Å². The molecule has 0 spiro atoms. The van der Waals surface area contributed by atoms with Gasteiger partial charge in [0.25, 0.3) is 0 Å². The Morgan fingerprint density at radius 3 is 2.53 bits per heavy atom. The van der Waals surface area contributed by atoms with Gasteiger partial charge in [0.15, 0.2) is 0 Å². The van der Waals surface area contributed by atoms with Gasteiger partial charge in [-0.1, -0.05) is 30.3 Å². The van der Waals surface area contributed by atoms with E-state index in [0.717, 1.165) is 6.42 Å². The van der Waals surface area contributed by atoms with Gasteiger partial charge in [0, 0.05) is 12.6 Å². The van der Waals surface area contributed by atoms with E-state index in [9.17, 15) is 4.79 Å². The van der Waals surface area contributed by atoms with Crippen LogP contribution in [0.2, 0.25) is 0 Å². The molecule has 1 rings (SSSR count). The zero-order valence-electron chi connectivity index (χ0n) is 10.6. The first kappa shape index (κ1) is 13.4. The molecule has 0 bridgehead atoms. The van der Waals surface area contributed by atoms with Crippen LogP contribution in [0, 0.1) is 0 Å². The van der Waals surface area contributed by atoms with Crippen molar-refractivity contribution in [3.8, 4) is 0 Å². The third kappa shape index (κ3) is 6.51. The van der Waals surface area contributed by atoms with Crippen molar-refractivity contribution in [2.45, 2.75) is 32.8 Å². The summed E-state index contributed by atoms with van der Waals surface area (Å²) in [6.07, 6.45) is 2.49. The van der Waals surface area contributed by atoms with E-state index in [-0.39, 0.29) is 12.5 Å². The summed E-state index contributed by atoms with van der Waals surface area (Å²) in [7, 11) is 0. The predicted octanol–water partition coefficient (Wildman–Crippen LogP) is 2.64. The van der Waals surface area contributed by atoms with Crippen molar-refractivity contribution < 1.29 is 9.53 Å². The number of esters is 1. The van der Waals surface area contributed by atoms with Gasteiger partial charge >= 0.3 is 5.97 Å². The molecule has 0 radical (unpaired) electrons. The highest BCUT2D eigenvalue weighted by atomic mass is 16.6. The Labute approximate surface area is 103 Å². The molecule has 3 heteroatoms. The molecule has 0 aliphatic rings. The second kappa shape index (κ2) is 6.18. The molecule has 0 N–H and O–H groups in total. The number of aliphatic imine (C=N–C) groups is 1. The fourth-order valence-corrected chi connectivity index (χ4v) is 1.30. The van der Waals surface area contributed by atoms with Gasteiger partial charge in [0.2, 0.25) is 0 Å². The summed E-state index contributed by atoms with van der Waals surface area (Å²) in [6.45, 7) is 5.62. The Balaban J connectivity index is 2.29. The third-order valence-electron chi connectivity index (χ3n) is 1.94. The summed E-state index contributed by atoms with van der Waals surface area (Å²) < 4.78 is 5.14. The lowest BCUT2D eigenvalue weighted by atomic mass is 10.2. The van der Waals surface area contributed by atoms with Crippen molar-refractivity contribution in [1.29, 1.82) is 0 Å². The Kier molecular flexibility index (Phi) is 4.88. The van der Waals surface area contributed by atoms with E-state index in [1.54, 1.807) is 6.21 Å². The molecule has 0 aliphatic carbocycles. The normalized spacial score (nSPS) is 11.7. The van der Waals surface area contributed by atoms with Gasteiger partial charge in [-0.05, 0) is 26.3 Å². The maximum atomic E-state index is 11.3. The van der Waals surface area contributed by atoms with Crippen LogP contribution in [0.5, 0.6) is 0 Å². The Morgan fingerprint density at radius 1 is 1.29 bits per heavy atom. The second-order valence-electron chi connectivity index (χ2n) is 4.80. The van der Waals surface area contributed by atoms with Gasteiger partial charge in [-0.25, -0.2) is 0 Å². The summed E-state index contributed by atoms with van der Waals surface area (Å²) in [5.74, 6) is -0.290. The van der Waals surface area contributed by atoms with Crippen molar-refractivity contribution >= 4 is 12.2 Å². The number of ether oxygens (including phenoxy) is 1. The van der Waals surface area contributed by atoms with E-state index in [2.05, 4.69) is 4.99 Å². The van der Waals surface area contributed by atoms with Gasteiger partial charge in [-0.2, -0.15) is 0 Å². The van der Waals surface area contributed by atoms with Crippen molar-refractivity contribution in [3.05, 3.63) is 35.9 Å². The van der Waals surface area contributed by atoms with Gasteiger partial charge in [-0.3, -0.25) is 9.79 Å². The predicted molar refractivity (Wildman–Crippen MR) is 69.4 cm³/mol. The smallest absolute Gasteiger partial charge is 0.328 e. The number of benzene rings is 1. The molecular formula is C14H19NO2. The summed E-state index contributed by atoms with van der Waals surface area (Å²) in [6, 6.07) is 9.99. The monoisotopic (exact) mass is 233 g/mol. The SMILES string of the molecule is CC(C)(C)OC(=O)CN=CCc1ccccc1. The van der Waals surface area contributed by atoms with Gasteiger partial charge in [0.1, 0.15) is 12.1 Å². The molecule has 92 valence electrons. The largest absolute Gasteiger partial charge is 0.459 e. The minimum Gasteiger partial charge on any atom is -0.459 e. The molecule has 17 heavy (non-hydrogen) atoms. The lowest BCUT2D eigenvalue weighted by Crippen LogP contribution is -2.25. The van der Waals surface area contributed by atoms with Crippen LogP contribution >= 0.6 is 0 Å². The zero-order valence-corrected chi connectivity index (χ0v) is 10.6. The maximum absolute atomic E-state index is 11.3. The van der Waals surface area contributed by atoms with Crippen LogP contribution in [0.1, 0.15) is 26.3 Å². The van der Waals surface area contributed by atoms with E-state index < -0.39 is 5.60 Å². The highest BCUT2D eigenvalue weighted by molar-refractivity contribution is 5.74. The van der Waals surface area contributed by atoms with Crippen molar-refractivity contribution in [2.24, 2.45) is 4.99 Å². The van der Waals surface area contributed by atoms with E-state index in [0.29, 0.717) is 0 Å². The van der Waals surface area contributed by atoms with Crippen molar-refractivity contribution in [2.75, 3.05) is 6.54 Å².